The quantitative estimate of drug-likeness (QED) is 0.846. The topological polar surface area (TPSA) is 49.4 Å². The van der Waals surface area contributed by atoms with Crippen molar-refractivity contribution in [2.24, 2.45) is 5.92 Å². The van der Waals surface area contributed by atoms with Crippen LogP contribution in [0, 0.1) is 12.8 Å². The minimum Gasteiger partial charge on any atom is -0.348 e. The molecule has 0 unspecified atom stereocenters. The number of benzene rings is 1. The van der Waals surface area contributed by atoms with E-state index in [0.29, 0.717) is 25.9 Å². The van der Waals surface area contributed by atoms with Crippen LogP contribution < -0.4 is 5.32 Å². The molecule has 1 aliphatic rings. The molecule has 0 bridgehead atoms. The first kappa shape index (κ1) is 19.0. The SMILES string of the molecule is Cc1ccccc1/C=C/C(=O)N1CCC(CNC(=O)C(F)(F)F)CC1. The summed E-state index contributed by atoms with van der Waals surface area (Å²) in [7, 11) is 0. The van der Waals surface area contributed by atoms with E-state index in [-0.39, 0.29) is 18.4 Å². The van der Waals surface area contributed by atoms with Crippen LogP contribution in [0.2, 0.25) is 0 Å². The zero-order valence-electron chi connectivity index (χ0n) is 14.0. The third-order valence-electron chi connectivity index (χ3n) is 4.33. The first-order valence-corrected chi connectivity index (χ1v) is 8.15. The third-order valence-corrected chi connectivity index (χ3v) is 4.33. The summed E-state index contributed by atoms with van der Waals surface area (Å²) in [6, 6.07) is 7.72. The molecule has 0 aromatic heterocycles. The zero-order valence-corrected chi connectivity index (χ0v) is 14.0. The van der Waals surface area contributed by atoms with Crippen LogP contribution >= 0.6 is 0 Å². The number of hydrogen-bond acceptors (Lipinski definition) is 2. The number of hydrogen-bond donors (Lipinski definition) is 1. The number of alkyl halides is 3. The van der Waals surface area contributed by atoms with E-state index in [1.54, 1.807) is 11.0 Å². The Balaban J connectivity index is 1.79. The van der Waals surface area contributed by atoms with Gasteiger partial charge in [0.05, 0.1) is 0 Å². The van der Waals surface area contributed by atoms with Gasteiger partial charge >= 0.3 is 12.1 Å². The highest BCUT2D eigenvalue weighted by Crippen LogP contribution is 2.19. The number of aryl methyl sites for hydroxylation is 1. The lowest BCUT2D eigenvalue weighted by atomic mass is 9.96. The highest BCUT2D eigenvalue weighted by atomic mass is 19.4. The second-order valence-electron chi connectivity index (χ2n) is 6.17. The molecule has 1 aliphatic heterocycles. The van der Waals surface area contributed by atoms with Crippen LogP contribution in [0.15, 0.2) is 30.3 Å². The Labute approximate surface area is 144 Å². The van der Waals surface area contributed by atoms with Crippen molar-refractivity contribution in [2.45, 2.75) is 25.9 Å². The molecular weight excluding hydrogens is 333 g/mol. The fourth-order valence-electron chi connectivity index (χ4n) is 2.73. The van der Waals surface area contributed by atoms with Gasteiger partial charge in [-0.15, -0.1) is 0 Å². The number of carbonyl (C=O) groups excluding carboxylic acids is 2. The molecule has 0 saturated carbocycles. The third kappa shape index (κ3) is 5.62. The second-order valence-corrected chi connectivity index (χ2v) is 6.17. The Morgan fingerprint density at radius 2 is 1.88 bits per heavy atom. The predicted octanol–water partition coefficient (Wildman–Crippen LogP) is 2.93. The van der Waals surface area contributed by atoms with E-state index >= 15 is 0 Å². The number of amides is 2. The summed E-state index contributed by atoms with van der Waals surface area (Å²) in [5, 5.41) is 1.91. The van der Waals surface area contributed by atoms with Crippen LogP contribution in [0.5, 0.6) is 0 Å². The van der Waals surface area contributed by atoms with Gasteiger partial charge in [-0.3, -0.25) is 9.59 Å². The average molecular weight is 354 g/mol. The summed E-state index contributed by atoms with van der Waals surface area (Å²) in [5.41, 5.74) is 2.05. The molecule has 1 fully saturated rings. The van der Waals surface area contributed by atoms with E-state index < -0.39 is 12.1 Å². The Bertz CT molecular complexity index is 648. The lowest BCUT2D eigenvalue weighted by Gasteiger charge is -2.31. The highest BCUT2D eigenvalue weighted by molar-refractivity contribution is 5.92. The van der Waals surface area contributed by atoms with Gasteiger partial charge in [-0.2, -0.15) is 13.2 Å². The Morgan fingerprint density at radius 1 is 1.24 bits per heavy atom. The van der Waals surface area contributed by atoms with Crippen molar-refractivity contribution in [1.29, 1.82) is 0 Å². The van der Waals surface area contributed by atoms with E-state index in [0.717, 1.165) is 11.1 Å². The molecule has 4 nitrogen and oxygen atoms in total. The second kappa shape index (κ2) is 8.18. The highest BCUT2D eigenvalue weighted by Gasteiger charge is 2.38. The molecular formula is C18H21F3N2O2. The molecule has 7 heteroatoms. The maximum Gasteiger partial charge on any atom is 0.471 e. The van der Waals surface area contributed by atoms with Crippen LogP contribution in [-0.2, 0) is 9.59 Å². The van der Waals surface area contributed by atoms with Gasteiger partial charge in [0.2, 0.25) is 5.91 Å². The molecule has 0 radical (unpaired) electrons. The van der Waals surface area contributed by atoms with E-state index in [1.807, 2.05) is 36.5 Å². The summed E-state index contributed by atoms with van der Waals surface area (Å²) < 4.78 is 36.5. The fourth-order valence-corrected chi connectivity index (χ4v) is 2.73. The van der Waals surface area contributed by atoms with Crippen LogP contribution in [0.3, 0.4) is 0 Å². The molecule has 1 N–H and O–H groups in total. The van der Waals surface area contributed by atoms with E-state index in [4.69, 9.17) is 0 Å². The first-order valence-electron chi connectivity index (χ1n) is 8.15. The van der Waals surface area contributed by atoms with Gasteiger partial charge in [0, 0.05) is 25.7 Å². The summed E-state index contributed by atoms with van der Waals surface area (Å²) in [6.45, 7) is 2.90. The number of nitrogens with zero attached hydrogens (tertiary/aromatic N) is 1. The molecule has 2 rings (SSSR count). The monoisotopic (exact) mass is 354 g/mol. The van der Waals surface area contributed by atoms with Gasteiger partial charge < -0.3 is 10.2 Å². The van der Waals surface area contributed by atoms with E-state index in [9.17, 15) is 22.8 Å². The predicted molar refractivity (Wildman–Crippen MR) is 88.6 cm³/mol. The van der Waals surface area contributed by atoms with Gasteiger partial charge in [-0.25, -0.2) is 0 Å². The minimum atomic E-state index is -4.85. The van der Waals surface area contributed by atoms with Crippen LogP contribution in [0.1, 0.15) is 24.0 Å². The van der Waals surface area contributed by atoms with Crippen LogP contribution in [0.25, 0.3) is 6.08 Å². The van der Waals surface area contributed by atoms with Crippen LogP contribution in [0.4, 0.5) is 13.2 Å². The van der Waals surface area contributed by atoms with Gasteiger partial charge in [-0.1, -0.05) is 24.3 Å². The van der Waals surface area contributed by atoms with E-state index in [1.165, 1.54) is 6.08 Å². The van der Waals surface area contributed by atoms with Gasteiger partial charge in [0.15, 0.2) is 0 Å². The Kier molecular flexibility index (Phi) is 6.22. The fraction of sp³-hybridized carbons (Fsp3) is 0.444. The summed E-state index contributed by atoms with van der Waals surface area (Å²) >= 11 is 0. The van der Waals surface area contributed by atoms with Gasteiger partial charge in [-0.05, 0) is 42.9 Å². The number of halogens is 3. The first-order chi connectivity index (χ1) is 11.8. The Morgan fingerprint density at radius 3 is 2.48 bits per heavy atom. The molecule has 136 valence electrons. The van der Waals surface area contributed by atoms with Crippen molar-refractivity contribution in [3.63, 3.8) is 0 Å². The van der Waals surface area contributed by atoms with Gasteiger partial charge in [0.25, 0.3) is 0 Å². The number of rotatable bonds is 4. The molecule has 1 saturated heterocycles. The maximum atomic E-state index is 12.2. The van der Waals surface area contributed by atoms with Gasteiger partial charge in [0.1, 0.15) is 0 Å². The van der Waals surface area contributed by atoms with E-state index in [2.05, 4.69) is 0 Å². The van der Waals surface area contributed by atoms with Crippen molar-refractivity contribution in [2.75, 3.05) is 19.6 Å². The molecule has 0 spiro atoms. The molecule has 0 atom stereocenters. The molecule has 1 aromatic rings. The molecule has 1 aromatic carbocycles. The smallest absolute Gasteiger partial charge is 0.348 e. The van der Waals surface area contributed by atoms with Crippen molar-refractivity contribution >= 4 is 17.9 Å². The van der Waals surface area contributed by atoms with Crippen molar-refractivity contribution in [3.8, 4) is 0 Å². The average Bonchev–Trinajstić information content (AvgIpc) is 2.58. The Hall–Kier alpha value is -2.31. The summed E-state index contributed by atoms with van der Waals surface area (Å²) in [6.07, 6.45) is -0.414. The van der Waals surface area contributed by atoms with Crippen molar-refractivity contribution < 1.29 is 22.8 Å². The number of likely N-dealkylation sites (tertiary alicyclic amines) is 1. The van der Waals surface area contributed by atoms with Crippen LogP contribution in [-0.4, -0.2) is 42.5 Å². The number of nitrogens with one attached hydrogen (secondary N) is 1. The number of carbonyl (C=O) groups is 2. The largest absolute Gasteiger partial charge is 0.471 e. The lowest BCUT2D eigenvalue weighted by Crippen LogP contribution is -2.43. The normalized spacial score (nSPS) is 16.2. The van der Waals surface area contributed by atoms with Crippen molar-refractivity contribution in [3.05, 3.63) is 41.5 Å². The molecule has 2 amide bonds. The summed E-state index contributed by atoms with van der Waals surface area (Å²) in [4.78, 5) is 24.7. The zero-order chi connectivity index (χ0) is 18.4. The molecule has 25 heavy (non-hydrogen) atoms. The summed E-state index contributed by atoms with van der Waals surface area (Å²) in [5.74, 6) is -2.07. The molecule has 1 heterocycles. The maximum absolute atomic E-state index is 12.2. The minimum absolute atomic E-state index is 0.0145. The number of piperidine rings is 1. The molecule has 0 aliphatic carbocycles. The lowest BCUT2D eigenvalue weighted by molar-refractivity contribution is -0.173. The standard InChI is InChI=1S/C18H21F3N2O2/c1-13-4-2-3-5-15(13)6-7-16(24)23-10-8-14(9-11-23)12-22-17(25)18(19,20)21/h2-7,14H,8-12H2,1H3,(H,22,25)/b7-6+. The van der Waals surface area contributed by atoms with Crippen molar-refractivity contribution in [1.82, 2.24) is 10.2 Å².